The molecule has 0 radical (unpaired) electrons. The van der Waals surface area contributed by atoms with Crippen molar-refractivity contribution in [2.45, 2.75) is 77.7 Å². The fourth-order valence-corrected chi connectivity index (χ4v) is 4.95. The quantitative estimate of drug-likeness (QED) is 0.0651. The van der Waals surface area contributed by atoms with Crippen LogP contribution in [0, 0.1) is 0 Å². The molecule has 0 fully saturated rings. The molecule has 2 N–H and O–H groups in total. The zero-order valence-corrected chi connectivity index (χ0v) is 26.3. The third-order valence-electron chi connectivity index (χ3n) is 7.49. The van der Waals surface area contributed by atoms with Crippen molar-refractivity contribution in [3.63, 3.8) is 0 Å². The Balaban J connectivity index is 1.27. The van der Waals surface area contributed by atoms with Crippen LogP contribution in [0.2, 0.25) is 0 Å². The number of hydrogen-bond donors (Lipinski definition) is 2. The number of hydrogen-bond acceptors (Lipinski definition) is 5. The minimum atomic E-state index is -0.386. The highest BCUT2D eigenvalue weighted by Crippen LogP contribution is 2.25. The summed E-state index contributed by atoms with van der Waals surface area (Å²) in [6.07, 6.45) is 14.6. The molecule has 0 saturated heterocycles. The molecular formula is C37H45N5O3. The van der Waals surface area contributed by atoms with Crippen LogP contribution in [0.4, 0.5) is 0 Å². The molecule has 0 aliphatic heterocycles. The van der Waals surface area contributed by atoms with E-state index in [0.717, 1.165) is 47.4 Å². The van der Waals surface area contributed by atoms with Gasteiger partial charge >= 0.3 is 0 Å². The first-order valence-electron chi connectivity index (χ1n) is 16.1. The molecule has 8 heteroatoms. The highest BCUT2D eigenvalue weighted by Gasteiger charge is 2.12. The minimum absolute atomic E-state index is 0.111. The van der Waals surface area contributed by atoms with Crippen LogP contribution in [0.5, 0.6) is 5.75 Å². The molecule has 8 nitrogen and oxygen atoms in total. The average Bonchev–Trinajstić information content (AvgIpc) is 3.51. The summed E-state index contributed by atoms with van der Waals surface area (Å²) in [6, 6.07) is 27.6. The molecule has 0 unspecified atom stereocenters. The Bertz CT molecular complexity index is 1470. The van der Waals surface area contributed by atoms with E-state index in [1.165, 1.54) is 38.5 Å². The van der Waals surface area contributed by atoms with E-state index < -0.39 is 0 Å². The maximum Gasteiger partial charge on any atom is 0.259 e. The van der Waals surface area contributed by atoms with Crippen molar-refractivity contribution in [1.29, 1.82) is 0 Å². The second-order valence-electron chi connectivity index (χ2n) is 11.2. The van der Waals surface area contributed by atoms with Crippen LogP contribution in [-0.4, -0.2) is 34.4 Å². The maximum absolute atomic E-state index is 12.4. The molecule has 4 rings (SSSR count). The lowest BCUT2D eigenvalue weighted by atomic mass is 10.1. The Morgan fingerprint density at radius 1 is 0.800 bits per heavy atom. The second-order valence-corrected chi connectivity index (χ2v) is 11.2. The first-order chi connectivity index (χ1) is 22.1. The van der Waals surface area contributed by atoms with Gasteiger partial charge in [0, 0.05) is 23.7 Å². The van der Waals surface area contributed by atoms with Gasteiger partial charge in [-0.1, -0.05) is 107 Å². The summed E-state index contributed by atoms with van der Waals surface area (Å²) < 4.78 is 7.72. The monoisotopic (exact) mass is 607 g/mol. The molecule has 0 atom stereocenters. The lowest BCUT2D eigenvalue weighted by molar-refractivity contribution is -0.126. The second kappa shape index (κ2) is 18.8. The topological polar surface area (TPSA) is 97.6 Å². The summed E-state index contributed by atoms with van der Waals surface area (Å²) in [5, 5.41) is 11.7. The van der Waals surface area contributed by atoms with E-state index in [2.05, 4.69) is 22.8 Å². The molecule has 1 heterocycles. The Hall–Kier alpha value is -4.72. The van der Waals surface area contributed by atoms with E-state index in [0.29, 0.717) is 18.7 Å². The van der Waals surface area contributed by atoms with Gasteiger partial charge in [0.25, 0.3) is 5.91 Å². The zero-order chi connectivity index (χ0) is 31.5. The lowest BCUT2D eigenvalue weighted by Gasteiger charge is -2.07. The van der Waals surface area contributed by atoms with E-state index in [1.54, 1.807) is 10.9 Å². The summed E-state index contributed by atoms with van der Waals surface area (Å²) >= 11 is 0. The van der Waals surface area contributed by atoms with Crippen molar-refractivity contribution in [2.75, 3.05) is 6.54 Å². The highest BCUT2D eigenvalue weighted by molar-refractivity contribution is 5.90. The number of nitrogens with one attached hydrogen (secondary N) is 2. The number of benzene rings is 3. The minimum Gasteiger partial charge on any atom is -0.489 e. The smallest absolute Gasteiger partial charge is 0.259 e. The Morgan fingerprint density at radius 2 is 1.44 bits per heavy atom. The molecule has 0 bridgehead atoms. The molecule has 2 amide bonds. The lowest BCUT2D eigenvalue weighted by Crippen LogP contribution is -2.34. The van der Waals surface area contributed by atoms with Crippen LogP contribution in [0.15, 0.2) is 96.2 Å². The molecule has 0 spiro atoms. The van der Waals surface area contributed by atoms with E-state index in [4.69, 9.17) is 9.84 Å². The predicted molar refractivity (Wildman–Crippen MR) is 180 cm³/mol. The summed E-state index contributed by atoms with van der Waals surface area (Å²) in [5.74, 6) is 0.260. The number of rotatable bonds is 19. The first-order valence-corrected chi connectivity index (χ1v) is 16.1. The summed E-state index contributed by atoms with van der Waals surface area (Å²) in [4.78, 5) is 24.5. The predicted octanol–water partition coefficient (Wildman–Crippen LogP) is 7.61. The highest BCUT2D eigenvalue weighted by atomic mass is 16.5. The molecule has 0 aliphatic carbocycles. The van der Waals surface area contributed by atoms with Gasteiger partial charge in [-0.3, -0.25) is 9.59 Å². The van der Waals surface area contributed by atoms with Crippen molar-refractivity contribution >= 4 is 18.0 Å². The van der Waals surface area contributed by atoms with Crippen molar-refractivity contribution in [3.05, 3.63) is 102 Å². The fraction of sp³-hybridized carbons (Fsp3) is 0.351. The number of unbranched alkanes of at least 4 members (excludes halogenated alkanes) is 8. The summed E-state index contributed by atoms with van der Waals surface area (Å²) in [6.45, 7) is 2.60. The number of hydrazone groups is 1. The van der Waals surface area contributed by atoms with Gasteiger partial charge in [-0.2, -0.15) is 10.2 Å². The number of carbonyl (C=O) groups excluding carboxylic acids is 2. The van der Waals surface area contributed by atoms with Crippen LogP contribution < -0.4 is 15.5 Å². The van der Waals surface area contributed by atoms with Crippen LogP contribution in [0.1, 0.15) is 82.3 Å². The fourth-order valence-electron chi connectivity index (χ4n) is 4.95. The number of para-hydroxylation sites is 1. The zero-order valence-electron chi connectivity index (χ0n) is 26.3. The molecule has 3 aromatic carbocycles. The van der Waals surface area contributed by atoms with Crippen LogP contribution in [0.25, 0.3) is 16.9 Å². The molecule has 45 heavy (non-hydrogen) atoms. The number of amides is 2. The van der Waals surface area contributed by atoms with Gasteiger partial charge in [-0.15, -0.1) is 0 Å². The first kappa shape index (κ1) is 33.2. The molecular weight excluding hydrogens is 562 g/mol. The Kier molecular flexibility index (Phi) is 13.9. The van der Waals surface area contributed by atoms with Gasteiger partial charge in [-0.25, -0.2) is 10.1 Å². The number of carbonyl (C=O) groups is 2. The SMILES string of the molecule is CCCCCCCCCCCC(=O)NCC(=O)NN=Cc1cn(-c2ccccc2)nc1-c1ccc(OCc2ccccc2)cc1. The molecule has 236 valence electrons. The molecule has 0 aliphatic rings. The summed E-state index contributed by atoms with van der Waals surface area (Å²) in [5.41, 5.74) is 6.84. The normalized spacial score (nSPS) is 11.0. The van der Waals surface area contributed by atoms with Crippen LogP contribution >= 0.6 is 0 Å². The number of ether oxygens (including phenoxy) is 1. The van der Waals surface area contributed by atoms with Crippen molar-refractivity contribution in [2.24, 2.45) is 5.10 Å². The van der Waals surface area contributed by atoms with E-state index in [1.807, 2.05) is 91.1 Å². The maximum atomic E-state index is 12.4. The largest absolute Gasteiger partial charge is 0.489 e. The van der Waals surface area contributed by atoms with E-state index >= 15 is 0 Å². The van der Waals surface area contributed by atoms with Gasteiger partial charge in [-0.05, 0) is 48.4 Å². The Morgan fingerprint density at radius 3 is 2.13 bits per heavy atom. The standard InChI is InChI=1S/C37H45N5O3/c1-2-3-4-5-6-7-8-9-16-21-35(43)38-27-36(44)40-39-26-32-28-42(33-19-14-11-15-20-33)41-37(32)31-22-24-34(25-23-31)45-29-30-17-12-10-13-18-30/h10-15,17-20,22-26,28H,2-9,16,21,27,29H2,1H3,(H,38,43)(H,40,44). The molecule has 4 aromatic rings. The van der Waals surface area contributed by atoms with Gasteiger partial charge in [0.15, 0.2) is 0 Å². The average molecular weight is 608 g/mol. The van der Waals surface area contributed by atoms with E-state index in [-0.39, 0.29) is 18.4 Å². The van der Waals surface area contributed by atoms with Crippen molar-refractivity contribution < 1.29 is 14.3 Å². The van der Waals surface area contributed by atoms with Crippen molar-refractivity contribution in [3.8, 4) is 22.7 Å². The molecule has 0 saturated carbocycles. The Labute approximate surface area is 266 Å². The number of aromatic nitrogens is 2. The molecule has 1 aromatic heterocycles. The number of nitrogens with zero attached hydrogens (tertiary/aromatic N) is 3. The van der Waals surface area contributed by atoms with Gasteiger partial charge in [0.05, 0.1) is 18.4 Å². The van der Waals surface area contributed by atoms with E-state index in [9.17, 15) is 9.59 Å². The third kappa shape index (κ3) is 11.7. The van der Waals surface area contributed by atoms with Crippen LogP contribution in [-0.2, 0) is 16.2 Å². The van der Waals surface area contributed by atoms with Gasteiger partial charge in [0.2, 0.25) is 5.91 Å². The third-order valence-corrected chi connectivity index (χ3v) is 7.49. The van der Waals surface area contributed by atoms with Gasteiger partial charge < -0.3 is 10.1 Å². The van der Waals surface area contributed by atoms with Gasteiger partial charge in [0.1, 0.15) is 18.1 Å². The van der Waals surface area contributed by atoms with Crippen LogP contribution in [0.3, 0.4) is 0 Å². The summed E-state index contributed by atoms with van der Waals surface area (Å²) in [7, 11) is 0. The van der Waals surface area contributed by atoms with Crippen molar-refractivity contribution in [1.82, 2.24) is 20.5 Å².